The van der Waals surface area contributed by atoms with Crippen molar-refractivity contribution < 1.29 is 23.8 Å². The van der Waals surface area contributed by atoms with E-state index in [1.165, 1.54) is 24.3 Å². The van der Waals surface area contributed by atoms with Gasteiger partial charge in [-0.15, -0.1) is 6.42 Å². The molecule has 1 aliphatic rings. The minimum Gasteiger partial charge on any atom is -0.458 e. The van der Waals surface area contributed by atoms with Crippen molar-refractivity contribution in [3.05, 3.63) is 53.2 Å². The molecule has 0 spiro atoms. The van der Waals surface area contributed by atoms with Crippen LogP contribution in [0.25, 0.3) is 11.0 Å². The molecule has 3 heterocycles. The first kappa shape index (κ1) is 21.1. The van der Waals surface area contributed by atoms with E-state index in [1.54, 1.807) is 16.8 Å². The second kappa shape index (κ2) is 8.15. The van der Waals surface area contributed by atoms with Crippen LogP contribution in [0.2, 0.25) is 5.28 Å². The molecule has 1 fully saturated rings. The second-order valence-electron chi connectivity index (χ2n) is 7.12. The number of fused-ring (bicyclic) bond motifs is 1. The number of ether oxygens (including phenoxy) is 2. The van der Waals surface area contributed by atoms with Gasteiger partial charge in [0.15, 0.2) is 5.60 Å². The lowest BCUT2D eigenvalue weighted by Crippen LogP contribution is -2.44. The standard InChI is InChI=1S/C21H18ClFN4O4/c1-2-21(11-28)15(30-17(29)9-12-3-5-13(23)6-4-12)10-16(31-21)27-8-7-14-18(24)25-20(22)26-19(14)27/h1,3-8,15-16,28H,9-11H2,(H2,24,25,26)/t15-,16+,21+/m0/s1. The quantitative estimate of drug-likeness (QED) is 0.352. The number of halogens is 2. The molecule has 1 saturated heterocycles. The molecule has 3 atom stereocenters. The zero-order valence-corrected chi connectivity index (χ0v) is 16.9. The molecule has 0 unspecified atom stereocenters. The van der Waals surface area contributed by atoms with Crippen LogP contribution < -0.4 is 5.73 Å². The molecule has 160 valence electrons. The van der Waals surface area contributed by atoms with Gasteiger partial charge in [-0.2, -0.15) is 4.98 Å². The Bertz CT molecular complexity index is 1180. The number of hydrogen-bond donors (Lipinski definition) is 2. The molecule has 2 aromatic heterocycles. The van der Waals surface area contributed by atoms with Crippen LogP contribution >= 0.6 is 11.6 Å². The molecule has 3 N–H and O–H groups in total. The third-order valence-electron chi connectivity index (χ3n) is 5.18. The number of terminal acetylenes is 1. The van der Waals surface area contributed by atoms with Crippen molar-refractivity contribution in [2.75, 3.05) is 12.3 Å². The molecular weight excluding hydrogens is 427 g/mol. The Balaban J connectivity index is 1.58. The van der Waals surface area contributed by atoms with Crippen LogP contribution in [0.5, 0.6) is 0 Å². The summed E-state index contributed by atoms with van der Waals surface area (Å²) in [5.74, 6) is 1.64. The Morgan fingerprint density at radius 3 is 2.84 bits per heavy atom. The number of benzene rings is 1. The van der Waals surface area contributed by atoms with Crippen LogP contribution in [0.4, 0.5) is 10.2 Å². The Morgan fingerprint density at radius 2 is 2.16 bits per heavy atom. The highest BCUT2D eigenvalue weighted by molar-refractivity contribution is 6.28. The highest BCUT2D eigenvalue weighted by Gasteiger charge is 2.51. The van der Waals surface area contributed by atoms with Crippen LogP contribution in [-0.4, -0.2) is 43.9 Å². The van der Waals surface area contributed by atoms with Crippen LogP contribution in [0, 0.1) is 18.2 Å². The van der Waals surface area contributed by atoms with Gasteiger partial charge >= 0.3 is 5.97 Å². The topological polar surface area (TPSA) is 112 Å². The Kier molecular flexibility index (Phi) is 5.54. The van der Waals surface area contributed by atoms with Crippen molar-refractivity contribution in [2.45, 2.75) is 30.8 Å². The zero-order chi connectivity index (χ0) is 22.2. The summed E-state index contributed by atoms with van der Waals surface area (Å²) in [5.41, 5.74) is 5.36. The van der Waals surface area contributed by atoms with E-state index in [1.807, 2.05) is 0 Å². The highest BCUT2D eigenvalue weighted by Crippen LogP contribution is 2.40. The van der Waals surface area contributed by atoms with E-state index < -0.39 is 36.3 Å². The van der Waals surface area contributed by atoms with Crippen molar-refractivity contribution >= 4 is 34.4 Å². The summed E-state index contributed by atoms with van der Waals surface area (Å²) in [4.78, 5) is 20.6. The molecule has 0 saturated carbocycles. The lowest BCUT2D eigenvalue weighted by molar-refractivity contribution is -0.158. The molecule has 0 radical (unpaired) electrons. The minimum absolute atomic E-state index is 0.0319. The van der Waals surface area contributed by atoms with Gasteiger partial charge in [0.1, 0.15) is 29.6 Å². The zero-order valence-electron chi connectivity index (χ0n) is 16.2. The van der Waals surface area contributed by atoms with Gasteiger partial charge in [0, 0.05) is 12.6 Å². The number of nitrogens with two attached hydrogens (primary N) is 1. The summed E-state index contributed by atoms with van der Waals surface area (Å²) in [5, 5.41) is 10.5. The van der Waals surface area contributed by atoms with E-state index in [0.29, 0.717) is 16.6 Å². The van der Waals surface area contributed by atoms with Gasteiger partial charge in [-0.3, -0.25) is 4.79 Å². The monoisotopic (exact) mass is 444 g/mol. The van der Waals surface area contributed by atoms with Crippen LogP contribution in [-0.2, 0) is 20.7 Å². The number of hydrogen-bond acceptors (Lipinski definition) is 7. The molecular formula is C21H18ClFN4O4. The smallest absolute Gasteiger partial charge is 0.310 e. The predicted molar refractivity (Wildman–Crippen MR) is 110 cm³/mol. The summed E-state index contributed by atoms with van der Waals surface area (Å²) >= 11 is 5.93. The fourth-order valence-electron chi connectivity index (χ4n) is 3.60. The summed E-state index contributed by atoms with van der Waals surface area (Å²) in [6.45, 7) is -0.564. The van der Waals surface area contributed by atoms with E-state index in [4.69, 9.17) is 33.2 Å². The first-order valence-electron chi connectivity index (χ1n) is 9.35. The lowest BCUT2D eigenvalue weighted by atomic mass is 9.98. The molecule has 4 rings (SSSR count). The molecule has 10 heteroatoms. The van der Waals surface area contributed by atoms with Crippen molar-refractivity contribution in [2.24, 2.45) is 0 Å². The molecule has 0 aliphatic carbocycles. The van der Waals surface area contributed by atoms with Crippen LogP contribution in [0.3, 0.4) is 0 Å². The maximum Gasteiger partial charge on any atom is 0.310 e. The number of carbonyl (C=O) groups is 1. The number of rotatable bonds is 5. The molecule has 0 amide bonds. The molecule has 8 nitrogen and oxygen atoms in total. The van der Waals surface area contributed by atoms with E-state index in [0.717, 1.165) is 0 Å². The van der Waals surface area contributed by atoms with Gasteiger partial charge in [-0.25, -0.2) is 9.37 Å². The maximum absolute atomic E-state index is 13.1. The second-order valence-corrected chi connectivity index (χ2v) is 7.46. The first-order valence-corrected chi connectivity index (χ1v) is 9.73. The first-order chi connectivity index (χ1) is 14.8. The highest BCUT2D eigenvalue weighted by atomic mass is 35.5. The van der Waals surface area contributed by atoms with Gasteiger partial charge in [0.25, 0.3) is 0 Å². The maximum atomic E-state index is 13.1. The van der Waals surface area contributed by atoms with Crippen molar-refractivity contribution in [1.82, 2.24) is 14.5 Å². The number of aromatic nitrogens is 3. The minimum atomic E-state index is -1.54. The van der Waals surface area contributed by atoms with E-state index in [2.05, 4.69) is 15.9 Å². The Labute approximate surface area is 181 Å². The predicted octanol–water partition coefficient (Wildman–Crippen LogP) is 2.24. The summed E-state index contributed by atoms with van der Waals surface area (Å²) in [6.07, 6.45) is 5.78. The average Bonchev–Trinajstić information content (AvgIpc) is 3.31. The fourth-order valence-corrected chi connectivity index (χ4v) is 3.77. The van der Waals surface area contributed by atoms with Gasteiger partial charge < -0.3 is 24.9 Å². The lowest BCUT2D eigenvalue weighted by Gasteiger charge is -2.26. The number of nitrogens with zero attached hydrogens (tertiary/aromatic N) is 3. The van der Waals surface area contributed by atoms with E-state index in [-0.39, 0.29) is 23.9 Å². The summed E-state index contributed by atoms with van der Waals surface area (Å²) in [7, 11) is 0. The number of aliphatic hydroxyl groups is 1. The number of esters is 1. The number of carbonyl (C=O) groups excluding carboxylic acids is 1. The average molecular weight is 445 g/mol. The van der Waals surface area contributed by atoms with E-state index >= 15 is 0 Å². The molecule has 31 heavy (non-hydrogen) atoms. The van der Waals surface area contributed by atoms with Crippen molar-refractivity contribution in [1.29, 1.82) is 0 Å². The van der Waals surface area contributed by atoms with Crippen LogP contribution in [0.1, 0.15) is 18.2 Å². The molecule has 3 aromatic rings. The fraction of sp³-hybridized carbons (Fsp3) is 0.286. The van der Waals surface area contributed by atoms with Crippen LogP contribution in [0.15, 0.2) is 36.5 Å². The molecule has 0 bridgehead atoms. The number of nitrogen functional groups attached to an aromatic ring is 1. The van der Waals surface area contributed by atoms with Gasteiger partial charge in [-0.1, -0.05) is 18.1 Å². The largest absolute Gasteiger partial charge is 0.458 e. The number of aliphatic hydroxyl groups excluding tert-OH is 1. The Morgan fingerprint density at radius 1 is 1.42 bits per heavy atom. The van der Waals surface area contributed by atoms with Gasteiger partial charge in [0.05, 0.1) is 18.4 Å². The van der Waals surface area contributed by atoms with E-state index in [9.17, 15) is 14.3 Å². The Hall–Kier alpha value is -3.19. The van der Waals surface area contributed by atoms with Gasteiger partial charge in [-0.05, 0) is 35.4 Å². The third-order valence-corrected chi connectivity index (χ3v) is 5.35. The molecule has 1 aromatic carbocycles. The SMILES string of the molecule is C#C[C@]1(CO)O[C@@H](n2ccc3c(N)nc(Cl)nc32)C[C@@H]1OC(=O)Cc1ccc(F)cc1. The molecule has 1 aliphatic heterocycles. The normalized spacial score (nSPS) is 23.0. The van der Waals surface area contributed by atoms with Crippen molar-refractivity contribution in [3.63, 3.8) is 0 Å². The summed E-state index contributed by atoms with van der Waals surface area (Å²) < 4.78 is 26.3. The van der Waals surface area contributed by atoms with Gasteiger partial charge in [0.2, 0.25) is 5.28 Å². The third kappa shape index (κ3) is 3.93. The summed E-state index contributed by atoms with van der Waals surface area (Å²) in [6, 6.07) is 7.20. The van der Waals surface area contributed by atoms with Crippen molar-refractivity contribution in [3.8, 4) is 12.3 Å². The number of anilines is 1.